The largest absolute Gasteiger partial charge is 0.338 e. The molecule has 1 saturated heterocycles. The van der Waals surface area contributed by atoms with Crippen molar-refractivity contribution in [2.75, 3.05) is 5.32 Å². The summed E-state index contributed by atoms with van der Waals surface area (Å²) in [7, 11) is 0. The van der Waals surface area contributed by atoms with Gasteiger partial charge in [0, 0.05) is 11.3 Å². The van der Waals surface area contributed by atoms with E-state index in [1.54, 1.807) is 19.1 Å². The summed E-state index contributed by atoms with van der Waals surface area (Å²) in [6.45, 7) is 1.57. The van der Waals surface area contributed by atoms with Gasteiger partial charge in [-0.1, -0.05) is 25.0 Å². The number of imidazole rings is 1. The Morgan fingerprint density at radius 2 is 1.81 bits per heavy atom. The van der Waals surface area contributed by atoms with Gasteiger partial charge in [0.1, 0.15) is 17.4 Å². The second kappa shape index (κ2) is 7.23. The lowest BCUT2D eigenvalue weighted by Crippen LogP contribution is -2.48. The van der Waals surface area contributed by atoms with Gasteiger partial charge in [0.15, 0.2) is 0 Å². The average Bonchev–Trinajstić information content (AvgIpc) is 3.47. The molecule has 5 rings (SSSR count). The SMILES string of the molecule is CC(C(=O)Nc1ccc(-c2nc3ccccc3[nH]2)cc1)N1C(=O)NC2(CCCC2)C1=O. The number of rotatable bonds is 4. The number of aromatic nitrogens is 2. The van der Waals surface area contributed by atoms with Gasteiger partial charge in [-0.2, -0.15) is 0 Å². The van der Waals surface area contributed by atoms with Gasteiger partial charge >= 0.3 is 6.03 Å². The van der Waals surface area contributed by atoms with Gasteiger partial charge in [0.05, 0.1) is 11.0 Å². The third-order valence-electron chi connectivity index (χ3n) is 6.23. The first-order valence-electron chi connectivity index (χ1n) is 10.5. The summed E-state index contributed by atoms with van der Waals surface area (Å²) in [5, 5.41) is 5.61. The highest BCUT2D eigenvalue weighted by atomic mass is 16.2. The number of nitrogens with zero attached hydrogens (tertiary/aromatic N) is 2. The number of amides is 4. The number of urea groups is 1. The summed E-state index contributed by atoms with van der Waals surface area (Å²) in [6.07, 6.45) is 3.06. The fourth-order valence-electron chi connectivity index (χ4n) is 4.48. The van der Waals surface area contributed by atoms with Crippen LogP contribution in [0.15, 0.2) is 48.5 Å². The van der Waals surface area contributed by atoms with Gasteiger partial charge in [-0.15, -0.1) is 0 Å². The molecule has 2 fully saturated rings. The van der Waals surface area contributed by atoms with E-state index < -0.39 is 23.5 Å². The molecule has 2 aromatic carbocycles. The maximum absolute atomic E-state index is 12.9. The maximum atomic E-state index is 12.9. The van der Waals surface area contributed by atoms with Crippen molar-refractivity contribution >= 4 is 34.6 Å². The number of fused-ring (bicyclic) bond motifs is 1. The quantitative estimate of drug-likeness (QED) is 0.565. The van der Waals surface area contributed by atoms with Gasteiger partial charge in [-0.25, -0.2) is 14.7 Å². The molecule has 1 aliphatic heterocycles. The smallest absolute Gasteiger partial charge is 0.325 e. The van der Waals surface area contributed by atoms with Crippen LogP contribution in [0.3, 0.4) is 0 Å². The molecule has 0 bridgehead atoms. The number of carbonyl (C=O) groups excluding carboxylic acids is 3. The highest BCUT2D eigenvalue weighted by Crippen LogP contribution is 2.36. The predicted octanol–water partition coefficient (Wildman–Crippen LogP) is 3.42. The number of para-hydroxylation sites is 2. The number of aromatic amines is 1. The molecule has 1 unspecified atom stereocenters. The molecular formula is C23H23N5O3. The van der Waals surface area contributed by atoms with E-state index in [0.717, 1.165) is 40.2 Å². The molecule has 0 radical (unpaired) electrons. The number of H-pyrrole nitrogens is 1. The predicted molar refractivity (Wildman–Crippen MR) is 116 cm³/mol. The van der Waals surface area contributed by atoms with Gasteiger partial charge in [0.2, 0.25) is 5.91 Å². The number of hydrogen-bond donors (Lipinski definition) is 3. The molecule has 2 heterocycles. The monoisotopic (exact) mass is 417 g/mol. The molecule has 1 aliphatic carbocycles. The zero-order chi connectivity index (χ0) is 21.6. The molecule has 1 aromatic heterocycles. The molecule has 31 heavy (non-hydrogen) atoms. The second-order valence-corrected chi connectivity index (χ2v) is 8.24. The van der Waals surface area contributed by atoms with Crippen molar-refractivity contribution in [3.8, 4) is 11.4 Å². The Balaban J connectivity index is 1.29. The minimum absolute atomic E-state index is 0.294. The van der Waals surface area contributed by atoms with Crippen molar-refractivity contribution in [2.45, 2.75) is 44.2 Å². The van der Waals surface area contributed by atoms with Crippen molar-refractivity contribution in [1.82, 2.24) is 20.2 Å². The minimum atomic E-state index is -0.900. The summed E-state index contributed by atoms with van der Waals surface area (Å²) < 4.78 is 0. The van der Waals surface area contributed by atoms with Crippen LogP contribution in [0.1, 0.15) is 32.6 Å². The van der Waals surface area contributed by atoms with Crippen LogP contribution in [0.25, 0.3) is 22.4 Å². The van der Waals surface area contributed by atoms with E-state index in [1.165, 1.54) is 0 Å². The Hall–Kier alpha value is -3.68. The Kier molecular flexibility index (Phi) is 4.50. The van der Waals surface area contributed by atoms with Crippen LogP contribution < -0.4 is 10.6 Å². The molecule has 158 valence electrons. The lowest BCUT2D eigenvalue weighted by atomic mass is 9.97. The molecule has 3 aromatic rings. The zero-order valence-corrected chi connectivity index (χ0v) is 17.1. The van der Waals surface area contributed by atoms with Crippen LogP contribution >= 0.6 is 0 Å². The minimum Gasteiger partial charge on any atom is -0.338 e. The molecule has 1 spiro atoms. The van der Waals surface area contributed by atoms with Crippen molar-refractivity contribution in [1.29, 1.82) is 0 Å². The molecule has 4 amide bonds. The van der Waals surface area contributed by atoms with Crippen molar-refractivity contribution in [3.63, 3.8) is 0 Å². The van der Waals surface area contributed by atoms with E-state index in [-0.39, 0.29) is 5.91 Å². The van der Waals surface area contributed by atoms with Crippen LogP contribution in [-0.4, -0.2) is 44.3 Å². The van der Waals surface area contributed by atoms with Crippen LogP contribution in [-0.2, 0) is 9.59 Å². The van der Waals surface area contributed by atoms with E-state index in [2.05, 4.69) is 20.6 Å². The standard InChI is InChI=1S/C23H23N5O3/c1-14(28-21(30)23(27-22(28)31)12-4-5-13-23)20(29)24-16-10-8-15(9-11-16)19-25-17-6-2-3-7-18(17)26-19/h2-3,6-11,14H,4-5,12-13H2,1H3,(H,24,29)(H,25,26)(H,27,31). The fraction of sp³-hybridized carbons (Fsp3) is 0.304. The summed E-state index contributed by atoms with van der Waals surface area (Å²) in [5.41, 5.74) is 2.49. The average molecular weight is 417 g/mol. The molecular weight excluding hydrogens is 394 g/mol. The lowest BCUT2D eigenvalue weighted by molar-refractivity contribution is -0.136. The van der Waals surface area contributed by atoms with Gasteiger partial charge in [-0.05, 0) is 56.2 Å². The lowest BCUT2D eigenvalue weighted by Gasteiger charge is -2.23. The Morgan fingerprint density at radius 3 is 2.52 bits per heavy atom. The topological polar surface area (TPSA) is 107 Å². The molecule has 8 nitrogen and oxygen atoms in total. The van der Waals surface area contributed by atoms with Crippen LogP contribution in [0, 0.1) is 0 Å². The molecule has 2 aliphatic rings. The van der Waals surface area contributed by atoms with E-state index in [1.807, 2.05) is 36.4 Å². The third kappa shape index (κ3) is 3.24. The summed E-state index contributed by atoms with van der Waals surface area (Å²) in [5.74, 6) is 0.0431. The summed E-state index contributed by atoms with van der Waals surface area (Å²) in [4.78, 5) is 47.0. The Morgan fingerprint density at radius 1 is 1.10 bits per heavy atom. The van der Waals surface area contributed by atoms with Crippen molar-refractivity contribution < 1.29 is 14.4 Å². The number of anilines is 1. The van der Waals surface area contributed by atoms with E-state index >= 15 is 0 Å². The van der Waals surface area contributed by atoms with E-state index in [9.17, 15) is 14.4 Å². The van der Waals surface area contributed by atoms with Crippen LogP contribution in [0.2, 0.25) is 0 Å². The number of nitrogens with one attached hydrogen (secondary N) is 3. The van der Waals surface area contributed by atoms with E-state index in [0.29, 0.717) is 18.5 Å². The first-order valence-corrected chi connectivity index (χ1v) is 10.5. The van der Waals surface area contributed by atoms with Crippen LogP contribution in [0.4, 0.5) is 10.5 Å². The number of benzene rings is 2. The Labute approximate surface area is 179 Å². The van der Waals surface area contributed by atoms with Gasteiger partial charge < -0.3 is 15.6 Å². The van der Waals surface area contributed by atoms with E-state index in [4.69, 9.17) is 0 Å². The first kappa shape index (κ1) is 19.3. The summed E-state index contributed by atoms with van der Waals surface area (Å²) in [6, 6.07) is 13.7. The second-order valence-electron chi connectivity index (χ2n) is 8.24. The van der Waals surface area contributed by atoms with Crippen LogP contribution in [0.5, 0.6) is 0 Å². The zero-order valence-electron chi connectivity index (χ0n) is 17.1. The first-order chi connectivity index (χ1) is 15.0. The summed E-state index contributed by atoms with van der Waals surface area (Å²) >= 11 is 0. The highest BCUT2D eigenvalue weighted by Gasteiger charge is 2.54. The number of carbonyl (C=O) groups is 3. The molecule has 8 heteroatoms. The van der Waals surface area contributed by atoms with Crippen molar-refractivity contribution in [2.24, 2.45) is 0 Å². The molecule has 1 saturated carbocycles. The van der Waals surface area contributed by atoms with Gasteiger partial charge in [-0.3, -0.25) is 9.59 Å². The molecule has 1 atom stereocenters. The maximum Gasteiger partial charge on any atom is 0.325 e. The third-order valence-corrected chi connectivity index (χ3v) is 6.23. The van der Waals surface area contributed by atoms with Gasteiger partial charge in [0.25, 0.3) is 5.91 Å². The fourth-order valence-corrected chi connectivity index (χ4v) is 4.48. The highest BCUT2D eigenvalue weighted by molar-refractivity contribution is 6.11. The van der Waals surface area contributed by atoms with Crippen molar-refractivity contribution in [3.05, 3.63) is 48.5 Å². The normalized spacial score (nSPS) is 18.5. The number of imide groups is 1. The Bertz CT molecular complexity index is 1140. The number of hydrogen-bond acceptors (Lipinski definition) is 4. The molecule has 3 N–H and O–H groups in total.